The first-order chi connectivity index (χ1) is 12.9. The minimum Gasteiger partial charge on any atom is -0.324 e. The molecular weight excluding hydrogens is 369 g/mol. The van der Waals surface area contributed by atoms with Crippen molar-refractivity contribution in [3.8, 4) is 0 Å². The number of amides is 1. The van der Waals surface area contributed by atoms with Crippen LogP contribution in [0.4, 0.5) is 10.1 Å². The van der Waals surface area contributed by atoms with Crippen LogP contribution in [0.1, 0.15) is 25.3 Å². The summed E-state index contributed by atoms with van der Waals surface area (Å²) in [5.74, 6) is -0.801. The second kappa shape index (κ2) is 7.87. The van der Waals surface area contributed by atoms with Gasteiger partial charge in [-0.15, -0.1) is 11.3 Å². The lowest BCUT2D eigenvalue weighted by Gasteiger charge is -2.13. The molecule has 0 atom stereocenters. The molecule has 142 valence electrons. The Labute approximate surface area is 158 Å². The van der Waals surface area contributed by atoms with Crippen LogP contribution in [0.5, 0.6) is 0 Å². The Balaban J connectivity index is 1.96. The Kier molecular flexibility index (Phi) is 5.55. The monoisotopic (exact) mass is 389 g/mol. The standard InChI is InChI=1S/C19H20FN3O3S/c1-3-4-8-22-18(25)17-15(7-9-27-17)23(19(22)26)11-16(24)21-14-6-5-13(20)10-12(14)2/h5-7,9-10H,3-4,8,11H2,1-2H3,(H,21,24). The van der Waals surface area contributed by atoms with Crippen molar-refractivity contribution in [1.29, 1.82) is 0 Å². The molecule has 1 amide bonds. The van der Waals surface area contributed by atoms with Crippen LogP contribution >= 0.6 is 11.3 Å². The summed E-state index contributed by atoms with van der Waals surface area (Å²) < 4.78 is 16.2. The highest BCUT2D eigenvalue weighted by molar-refractivity contribution is 7.17. The molecule has 0 saturated heterocycles. The van der Waals surface area contributed by atoms with Gasteiger partial charge in [-0.1, -0.05) is 13.3 Å². The number of carbonyl (C=O) groups is 1. The number of fused-ring (bicyclic) bond motifs is 1. The van der Waals surface area contributed by atoms with Gasteiger partial charge in [-0.3, -0.25) is 18.7 Å². The van der Waals surface area contributed by atoms with E-state index in [1.165, 1.54) is 38.7 Å². The number of hydrogen-bond acceptors (Lipinski definition) is 4. The third-order valence-electron chi connectivity index (χ3n) is 4.34. The number of aromatic nitrogens is 2. The van der Waals surface area contributed by atoms with E-state index >= 15 is 0 Å². The molecule has 0 aliphatic heterocycles. The zero-order valence-corrected chi connectivity index (χ0v) is 15.9. The number of aryl methyl sites for hydroxylation is 1. The van der Waals surface area contributed by atoms with Gasteiger partial charge in [-0.05, 0) is 48.6 Å². The summed E-state index contributed by atoms with van der Waals surface area (Å²) in [6.45, 7) is 3.76. The first kappa shape index (κ1) is 19.0. The molecule has 8 heteroatoms. The lowest BCUT2D eigenvalue weighted by molar-refractivity contribution is -0.116. The van der Waals surface area contributed by atoms with Gasteiger partial charge >= 0.3 is 5.69 Å². The maximum absolute atomic E-state index is 13.2. The van der Waals surface area contributed by atoms with Crippen molar-refractivity contribution in [3.05, 3.63) is 61.9 Å². The summed E-state index contributed by atoms with van der Waals surface area (Å²) >= 11 is 1.25. The fourth-order valence-corrected chi connectivity index (χ4v) is 3.74. The van der Waals surface area contributed by atoms with E-state index in [1.54, 1.807) is 18.4 Å². The number of carbonyl (C=O) groups excluding carboxylic acids is 1. The maximum Gasteiger partial charge on any atom is 0.332 e. The number of benzene rings is 1. The average Bonchev–Trinajstić information content (AvgIpc) is 3.11. The van der Waals surface area contributed by atoms with Crippen LogP contribution in [-0.2, 0) is 17.9 Å². The van der Waals surface area contributed by atoms with Gasteiger partial charge in [-0.25, -0.2) is 9.18 Å². The minimum absolute atomic E-state index is 0.227. The number of anilines is 1. The molecule has 27 heavy (non-hydrogen) atoms. The first-order valence-electron chi connectivity index (χ1n) is 8.69. The first-order valence-corrected chi connectivity index (χ1v) is 9.57. The van der Waals surface area contributed by atoms with Crippen LogP contribution < -0.4 is 16.6 Å². The van der Waals surface area contributed by atoms with E-state index < -0.39 is 11.6 Å². The quantitative estimate of drug-likeness (QED) is 0.704. The number of thiophene rings is 1. The highest BCUT2D eigenvalue weighted by Crippen LogP contribution is 2.17. The summed E-state index contributed by atoms with van der Waals surface area (Å²) in [6, 6.07) is 5.73. The Morgan fingerprint density at radius 1 is 1.22 bits per heavy atom. The third-order valence-corrected chi connectivity index (χ3v) is 5.23. The Morgan fingerprint density at radius 2 is 2.00 bits per heavy atom. The third kappa shape index (κ3) is 3.85. The van der Waals surface area contributed by atoms with Crippen LogP contribution in [0.15, 0.2) is 39.2 Å². The average molecular weight is 389 g/mol. The minimum atomic E-state index is -0.495. The molecule has 0 spiro atoms. The smallest absolute Gasteiger partial charge is 0.324 e. The molecule has 3 rings (SSSR count). The van der Waals surface area contributed by atoms with E-state index in [0.29, 0.717) is 34.4 Å². The van der Waals surface area contributed by atoms with Crippen molar-refractivity contribution in [3.63, 3.8) is 0 Å². The highest BCUT2D eigenvalue weighted by Gasteiger charge is 2.16. The molecule has 0 fully saturated rings. The zero-order valence-electron chi connectivity index (χ0n) is 15.1. The van der Waals surface area contributed by atoms with Crippen LogP contribution in [0, 0.1) is 12.7 Å². The molecule has 2 aromatic heterocycles. The molecule has 0 unspecified atom stereocenters. The van der Waals surface area contributed by atoms with Gasteiger partial charge in [0.1, 0.15) is 17.1 Å². The number of rotatable bonds is 6. The molecule has 0 aliphatic rings. The lowest BCUT2D eigenvalue weighted by atomic mass is 10.2. The summed E-state index contributed by atoms with van der Waals surface area (Å²) in [7, 11) is 0. The number of hydrogen-bond donors (Lipinski definition) is 1. The molecule has 0 radical (unpaired) electrons. The van der Waals surface area contributed by atoms with Crippen molar-refractivity contribution in [2.24, 2.45) is 0 Å². The van der Waals surface area contributed by atoms with Gasteiger partial charge in [0.25, 0.3) is 5.56 Å². The number of nitrogens with one attached hydrogen (secondary N) is 1. The predicted octanol–water partition coefficient (Wildman–Crippen LogP) is 3.11. The van der Waals surface area contributed by atoms with E-state index in [0.717, 1.165) is 6.42 Å². The van der Waals surface area contributed by atoms with Crippen molar-refractivity contribution in [1.82, 2.24) is 9.13 Å². The van der Waals surface area contributed by atoms with Crippen molar-refractivity contribution in [2.75, 3.05) is 5.32 Å². The van der Waals surface area contributed by atoms with Crippen molar-refractivity contribution < 1.29 is 9.18 Å². The van der Waals surface area contributed by atoms with Gasteiger partial charge in [-0.2, -0.15) is 0 Å². The van der Waals surface area contributed by atoms with E-state index in [-0.39, 0.29) is 17.9 Å². The Hall–Kier alpha value is -2.74. The van der Waals surface area contributed by atoms with Gasteiger partial charge in [0.2, 0.25) is 5.91 Å². The van der Waals surface area contributed by atoms with E-state index in [4.69, 9.17) is 0 Å². The second-order valence-electron chi connectivity index (χ2n) is 6.32. The largest absolute Gasteiger partial charge is 0.332 e. The lowest BCUT2D eigenvalue weighted by Crippen LogP contribution is -2.41. The molecule has 1 N–H and O–H groups in total. The topological polar surface area (TPSA) is 73.1 Å². The Bertz CT molecular complexity index is 1110. The van der Waals surface area contributed by atoms with Crippen LogP contribution in [0.3, 0.4) is 0 Å². The molecule has 0 saturated carbocycles. The molecule has 0 bridgehead atoms. The van der Waals surface area contributed by atoms with E-state index in [2.05, 4.69) is 5.32 Å². The second-order valence-corrected chi connectivity index (χ2v) is 7.24. The van der Waals surface area contributed by atoms with Gasteiger partial charge in [0.15, 0.2) is 0 Å². The maximum atomic E-state index is 13.2. The van der Waals surface area contributed by atoms with Crippen LogP contribution in [0.2, 0.25) is 0 Å². The number of halogens is 1. The van der Waals surface area contributed by atoms with Gasteiger partial charge in [0, 0.05) is 12.2 Å². The van der Waals surface area contributed by atoms with E-state index in [9.17, 15) is 18.8 Å². The van der Waals surface area contributed by atoms with Gasteiger partial charge in [0.05, 0.1) is 5.52 Å². The molecule has 2 heterocycles. The van der Waals surface area contributed by atoms with Crippen molar-refractivity contribution >= 4 is 33.1 Å². The van der Waals surface area contributed by atoms with Gasteiger partial charge < -0.3 is 5.32 Å². The van der Waals surface area contributed by atoms with Crippen LogP contribution in [-0.4, -0.2) is 15.0 Å². The summed E-state index contributed by atoms with van der Waals surface area (Å²) in [5.41, 5.74) is 0.711. The fourth-order valence-electron chi connectivity index (χ4n) is 2.90. The highest BCUT2D eigenvalue weighted by atomic mass is 32.1. The SMILES string of the molecule is CCCCn1c(=O)c2sccc2n(CC(=O)Nc2ccc(F)cc2C)c1=O. The Morgan fingerprint density at radius 3 is 2.70 bits per heavy atom. The summed E-state index contributed by atoms with van der Waals surface area (Å²) in [6.07, 6.45) is 1.55. The fraction of sp³-hybridized carbons (Fsp3) is 0.316. The summed E-state index contributed by atoms with van der Waals surface area (Å²) in [5, 5.41) is 4.43. The molecular formula is C19H20FN3O3S. The molecule has 3 aromatic rings. The molecule has 1 aromatic carbocycles. The zero-order chi connectivity index (χ0) is 19.6. The van der Waals surface area contributed by atoms with Crippen LogP contribution in [0.25, 0.3) is 10.2 Å². The predicted molar refractivity (Wildman–Crippen MR) is 105 cm³/mol. The normalized spacial score (nSPS) is 11.1. The number of unbranched alkanes of at least 4 members (excludes halogenated alkanes) is 1. The molecule has 0 aliphatic carbocycles. The number of nitrogens with zero attached hydrogens (tertiary/aromatic N) is 2. The van der Waals surface area contributed by atoms with Crippen molar-refractivity contribution in [2.45, 2.75) is 39.8 Å². The summed E-state index contributed by atoms with van der Waals surface area (Å²) in [4.78, 5) is 37.9. The van der Waals surface area contributed by atoms with E-state index in [1.807, 2.05) is 6.92 Å². The molecule has 6 nitrogen and oxygen atoms in total.